The summed E-state index contributed by atoms with van der Waals surface area (Å²) in [5.41, 5.74) is -1.06. The SMILES string of the molecule is CNc1nc(Cl)ncc1C(F)(F)F.CNc1nc(Cl)ncc1I.CNc1nc(Nc2ccc(C(=O)N3CCOCC3)cc2OC)ncc1C(F)(F)F.Clc1ncc(I)c(Cl)n1. The molecule has 16 nitrogen and oxygen atoms in total. The molecule has 0 atom stereocenters. The van der Waals surface area contributed by atoms with Gasteiger partial charge in [-0.2, -0.15) is 36.3 Å². The number of rotatable bonds is 7. The van der Waals surface area contributed by atoms with Crippen LogP contribution in [0.4, 0.5) is 55.4 Å². The summed E-state index contributed by atoms with van der Waals surface area (Å²) in [5.74, 6) is 0.217. The third kappa shape index (κ3) is 16.1. The van der Waals surface area contributed by atoms with Gasteiger partial charge < -0.3 is 35.6 Å². The molecule has 6 rings (SSSR count). The van der Waals surface area contributed by atoms with Gasteiger partial charge in [0.1, 0.15) is 39.5 Å². The van der Waals surface area contributed by atoms with Crippen LogP contribution in [-0.2, 0) is 17.1 Å². The van der Waals surface area contributed by atoms with Crippen molar-refractivity contribution in [3.05, 3.63) is 87.8 Å². The molecule has 1 saturated heterocycles. The molecule has 5 heterocycles. The van der Waals surface area contributed by atoms with E-state index in [9.17, 15) is 31.1 Å². The number of methoxy groups -OCH3 is 1. The van der Waals surface area contributed by atoms with Crippen molar-refractivity contribution in [2.24, 2.45) is 0 Å². The number of nitrogens with zero attached hydrogens (tertiary/aromatic N) is 9. The van der Waals surface area contributed by atoms with E-state index in [0.29, 0.717) is 60.9 Å². The van der Waals surface area contributed by atoms with Crippen LogP contribution < -0.4 is 26.0 Å². The number of benzene rings is 1. The van der Waals surface area contributed by atoms with Gasteiger partial charge in [-0.1, -0.05) is 11.6 Å². The highest BCUT2D eigenvalue weighted by atomic mass is 127. The standard InChI is InChI=1S/C18H20F3N5O3.C6H5ClF3N3.C5H5ClIN3.C4HCl2IN2/c1-22-15-12(18(19,20)21)10-23-17(25-15)24-13-4-3-11(9-14(13)28-2)16(27)26-5-7-29-8-6-26;1-11-4-3(6(8,9)10)2-12-5(7)13-4;1-8-4-3(7)2-9-5(6)10-4;5-3-2(7)1-8-4(6)9-3/h3-4,9-10H,5-8H2,1-2H3,(H2,22,23,24,25);2H,1H3,(H,11,12,13);2H,1H3,(H,8,9,10);1H. The van der Waals surface area contributed by atoms with Crippen molar-refractivity contribution in [2.75, 3.05) is 75.8 Å². The minimum Gasteiger partial charge on any atom is -0.495 e. The molecular weight excluding hydrogens is 1140 g/mol. The second-order valence-electron chi connectivity index (χ2n) is 11.2. The van der Waals surface area contributed by atoms with Crippen LogP contribution in [0.5, 0.6) is 5.75 Å². The average molecular weight is 1170 g/mol. The lowest BCUT2D eigenvalue weighted by Crippen LogP contribution is -2.40. The third-order valence-corrected chi connectivity index (χ3v) is 9.98. The minimum atomic E-state index is -4.57. The predicted molar refractivity (Wildman–Crippen MR) is 235 cm³/mol. The van der Waals surface area contributed by atoms with Gasteiger partial charge in [0.05, 0.1) is 33.2 Å². The molecule has 4 N–H and O–H groups in total. The summed E-state index contributed by atoms with van der Waals surface area (Å²) >= 11 is 26.0. The van der Waals surface area contributed by atoms with Crippen molar-refractivity contribution in [1.29, 1.82) is 0 Å². The van der Waals surface area contributed by atoms with Crippen LogP contribution in [0.2, 0.25) is 21.0 Å². The number of amides is 1. The Balaban J connectivity index is 0.000000253. The molecule has 1 aliphatic rings. The molecule has 0 unspecified atom stereocenters. The number of alkyl halides is 6. The van der Waals surface area contributed by atoms with Crippen molar-refractivity contribution in [3.63, 3.8) is 0 Å². The van der Waals surface area contributed by atoms with E-state index in [-0.39, 0.29) is 39.3 Å². The summed E-state index contributed by atoms with van der Waals surface area (Å²) < 4.78 is 87.9. The summed E-state index contributed by atoms with van der Waals surface area (Å²) in [6.45, 7) is 1.99. The average Bonchev–Trinajstić information content (AvgIpc) is 3.23. The molecule has 1 fully saturated rings. The molecule has 0 aliphatic carbocycles. The first-order chi connectivity index (χ1) is 28.7. The van der Waals surface area contributed by atoms with Crippen molar-refractivity contribution in [1.82, 2.24) is 44.8 Å². The highest BCUT2D eigenvalue weighted by molar-refractivity contribution is 14.1. The van der Waals surface area contributed by atoms with E-state index in [4.69, 9.17) is 55.9 Å². The van der Waals surface area contributed by atoms with Crippen molar-refractivity contribution in [2.45, 2.75) is 12.4 Å². The number of anilines is 5. The fraction of sp³-hybridized carbons (Fsp3) is 0.303. The first-order valence-electron chi connectivity index (χ1n) is 16.6. The van der Waals surface area contributed by atoms with Gasteiger partial charge >= 0.3 is 12.4 Å². The molecule has 1 amide bonds. The van der Waals surface area contributed by atoms with Crippen LogP contribution in [0.1, 0.15) is 21.5 Å². The van der Waals surface area contributed by atoms with Crippen molar-refractivity contribution >= 4 is 127 Å². The van der Waals surface area contributed by atoms with Crippen LogP contribution in [-0.4, -0.2) is 105 Å². The number of morpholine rings is 1. The van der Waals surface area contributed by atoms with E-state index in [2.05, 4.69) is 83.7 Å². The van der Waals surface area contributed by atoms with Crippen LogP contribution in [0.25, 0.3) is 0 Å². The Morgan fingerprint density at radius 3 is 1.70 bits per heavy atom. The van der Waals surface area contributed by atoms with Crippen molar-refractivity contribution in [3.8, 4) is 5.75 Å². The maximum absolute atomic E-state index is 13.0. The fourth-order valence-corrected chi connectivity index (χ4v) is 5.80. The molecule has 0 saturated carbocycles. The highest BCUT2D eigenvalue weighted by Gasteiger charge is 2.36. The Kier molecular flexibility index (Phi) is 20.4. The maximum atomic E-state index is 13.0. The van der Waals surface area contributed by atoms with E-state index in [1.54, 1.807) is 42.5 Å². The van der Waals surface area contributed by atoms with Crippen LogP contribution in [0.3, 0.4) is 0 Å². The number of hydrogen-bond acceptors (Lipinski definition) is 15. The van der Waals surface area contributed by atoms with Crippen LogP contribution >= 0.6 is 91.6 Å². The fourth-order valence-electron chi connectivity index (χ4n) is 4.44. The zero-order valence-corrected chi connectivity index (χ0v) is 39.0. The van der Waals surface area contributed by atoms with E-state index in [0.717, 1.165) is 13.0 Å². The molecule has 28 heteroatoms. The monoisotopic (exact) mass is 1160 g/mol. The Morgan fingerprint density at radius 2 is 1.21 bits per heavy atom. The quantitative estimate of drug-likeness (QED) is 0.0522. The lowest BCUT2D eigenvalue weighted by molar-refractivity contribution is -0.138. The van der Waals surface area contributed by atoms with Gasteiger partial charge in [-0.05, 0) is 98.2 Å². The molecule has 1 aliphatic heterocycles. The highest BCUT2D eigenvalue weighted by Crippen LogP contribution is 2.35. The Hall–Kier alpha value is -3.83. The summed E-state index contributed by atoms with van der Waals surface area (Å²) in [6, 6.07) is 4.75. The molecular formula is C33H31Cl4F6I2N13O3. The number of carbonyl (C=O) groups is 1. The summed E-state index contributed by atoms with van der Waals surface area (Å²) in [5, 5.41) is 11.0. The Bertz CT molecular complexity index is 2250. The second kappa shape index (κ2) is 24.1. The molecule has 0 bridgehead atoms. The van der Waals surface area contributed by atoms with Crippen molar-refractivity contribution < 1.29 is 40.6 Å². The molecule has 330 valence electrons. The lowest BCUT2D eigenvalue weighted by atomic mass is 10.1. The molecule has 4 aromatic heterocycles. The van der Waals surface area contributed by atoms with Gasteiger partial charge in [0.25, 0.3) is 5.91 Å². The molecule has 0 spiro atoms. The van der Waals surface area contributed by atoms with Gasteiger partial charge in [0, 0.05) is 64.6 Å². The summed E-state index contributed by atoms with van der Waals surface area (Å²) in [6.07, 6.45) is -4.47. The first-order valence-corrected chi connectivity index (χ1v) is 20.3. The molecule has 5 aromatic rings. The lowest BCUT2D eigenvalue weighted by Gasteiger charge is -2.27. The molecule has 1 aromatic carbocycles. The van der Waals surface area contributed by atoms with E-state index in [1.807, 2.05) is 22.6 Å². The summed E-state index contributed by atoms with van der Waals surface area (Å²) in [4.78, 5) is 43.6. The topological polar surface area (TPSA) is 190 Å². The number of carbonyl (C=O) groups excluding carboxylic acids is 1. The van der Waals surface area contributed by atoms with Gasteiger partial charge in [-0.15, -0.1) is 0 Å². The Morgan fingerprint density at radius 1 is 0.721 bits per heavy atom. The minimum absolute atomic E-state index is 0.0482. The first kappa shape index (κ1) is 51.5. The summed E-state index contributed by atoms with van der Waals surface area (Å²) in [7, 11) is 5.89. The third-order valence-electron chi connectivity index (χ3n) is 7.25. The number of halogens is 12. The number of aromatic nitrogens is 8. The molecule has 0 radical (unpaired) electrons. The van der Waals surface area contributed by atoms with E-state index in [1.165, 1.54) is 21.2 Å². The van der Waals surface area contributed by atoms with Gasteiger partial charge in [-0.25, -0.2) is 29.9 Å². The number of ether oxygens (including phenoxy) is 2. The zero-order chi connectivity index (χ0) is 45.5. The number of hydrogen-bond donors (Lipinski definition) is 4. The number of nitrogens with one attached hydrogen (secondary N) is 4. The Labute approximate surface area is 391 Å². The van der Waals surface area contributed by atoms with Crippen LogP contribution in [0, 0.1) is 7.14 Å². The normalized spacial score (nSPS) is 12.3. The second-order valence-corrected chi connectivity index (χ2v) is 14.9. The molecule has 61 heavy (non-hydrogen) atoms. The smallest absolute Gasteiger partial charge is 0.421 e. The van der Waals surface area contributed by atoms with E-state index >= 15 is 0 Å². The maximum Gasteiger partial charge on any atom is 0.421 e. The van der Waals surface area contributed by atoms with Gasteiger partial charge in [0.15, 0.2) is 0 Å². The largest absolute Gasteiger partial charge is 0.495 e. The predicted octanol–water partition coefficient (Wildman–Crippen LogP) is 9.12. The van der Waals surface area contributed by atoms with Gasteiger partial charge in [-0.3, -0.25) is 4.79 Å². The van der Waals surface area contributed by atoms with Gasteiger partial charge in [0.2, 0.25) is 21.8 Å². The van der Waals surface area contributed by atoms with Crippen LogP contribution in [0.15, 0.2) is 43.0 Å². The zero-order valence-electron chi connectivity index (χ0n) is 31.7. The van der Waals surface area contributed by atoms with E-state index < -0.39 is 23.5 Å².